The minimum atomic E-state index is -0.671. The Morgan fingerprint density at radius 3 is 2.36 bits per heavy atom. The largest absolute Gasteiger partial charge is 0.378 e. The van der Waals surface area contributed by atoms with Gasteiger partial charge in [-0.25, -0.2) is 4.79 Å². The maximum absolute atomic E-state index is 12.8. The van der Waals surface area contributed by atoms with Crippen molar-refractivity contribution in [2.24, 2.45) is 0 Å². The van der Waals surface area contributed by atoms with Crippen molar-refractivity contribution in [3.63, 3.8) is 0 Å². The number of nitrogens with one attached hydrogen (secondary N) is 2. The van der Waals surface area contributed by atoms with E-state index in [1.54, 1.807) is 24.3 Å². The molecule has 0 unspecified atom stereocenters. The van der Waals surface area contributed by atoms with Crippen molar-refractivity contribution in [3.05, 3.63) is 60.2 Å². The SMILES string of the molecule is CN(C)c1ccc(C(=O)NCC(=O)N2CC[C@@H]3[C@H]2C(=O)CN3C(=O)Nc2ccccc2)cc1. The number of Topliss-reactive ketones (excluding diaryl/α,β-unsaturated/α-hetero) is 1. The summed E-state index contributed by atoms with van der Waals surface area (Å²) in [5.41, 5.74) is 2.06. The number of urea groups is 1. The van der Waals surface area contributed by atoms with Crippen LogP contribution in [-0.4, -0.2) is 79.2 Å². The molecule has 33 heavy (non-hydrogen) atoms. The highest BCUT2D eigenvalue weighted by atomic mass is 16.2. The summed E-state index contributed by atoms with van der Waals surface area (Å²) in [4.78, 5) is 55.5. The zero-order valence-corrected chi connectivity index (χ0v) is 18.7. The summed E-state index contributed by atoms with van der Waals surface area (Å²) in [7, 11) is 3.82. The summed E-state index contributed by atoms with van der Waals surface area (Å²) >= 11 is 0. The lowest BCUT2D eigenvalue weighted by molar-refractivity contribution is -0.135. The van der Waals surface area contributed by atoms with Crippen LogP contribution in [0.3, 0.4) is 0 Å². The predicted octanol–water partition coefficient (Wildman–Crippen LogP) is 1.57. The zero-order chi connectivity index (χ0) is 23.5. The molecular formula is C24H27N5O4. The number of hydrogen-bond donors (Lipinski definition) is 2. The van der Waals surface area contributed by atoms with E-state index in [4.69, 9.17) is 0 Å². The first-order chi connectivity index (χ1) is 15.8. The zero-order valence-electron chi connectivity index (χ0n) is 18.7. The first-order valence-electron chi connectivity index (χ1n) is 10.9. The number of carbonyl (C=O) groups is 4. The number of amides is 4. The van der Waals surface area contributed by atoms with Gasteiger partial charge in [-0.1, -0.05) is 18.2 Å². The van der Waals surface area contributed by atoms with Gasteiger partial charge < -0.3 is 25.3 Å². The van der Waals surface area contributed by atoms with Crippen LogP contribution in [0.5, 0.6) is 0 Å². The summed E-state index contributed by atoms with van der Waals surface area (Å²) in [6.07, 6.45) is 0.518. The van der Waals surface area contributed by atoms with Gasteiger partial charge in [0, 0.05) is 37.6 Å². The third-order valence-corrected chi connectivity index (χ3v) is 6.07. The molecule has 2 aromatic rings. The second-order valence-electron chi connectivity index (χ2n) is 8.40. The van der Waals surface area contributed by atoms with Crippen LogP contribution in [0.1, 0.15) is 16.8 Å². The molecule has 2 aliphatic heterocycles. The topological polar surface area (TPSA) is 102 Å². The Morgan fingerprint density at radius 2 is 1.70 bits per heavy atom. The van der Waals surface area contributed by atoms with Gasteiger partial charge in [-0.2, -0.15) is 0 Å². The number of carbonyl (C=O) groups excluding carboxylic acids is 4. The van der Waals surface area contributed by atoms with E-state index in [-0.39, 0.29) is 42.8 Å². The van der Waals surface area contributed by atoms with Gasteiger partial charge in [0.2, 0.25) is 5.91 Å². The molecule has 4 amide bonds. The van der Waals surface area contributed by atoms with Crippen molar-refractivity contribution >= 4 is 35.0 Å². The van der Waals surface area contributed by atoms with Crippen LogP contribution in [0.15, 0.2) is 54.6 Å². The van der Waals surface area contributed by atoms with Crippen LogP contribution in [0.2, 0.25) is 0 Å². The Bertz CT molecular complexity index is 1050. The van der Waals surface area contributed by atoms with E-state index < -0.39 is 6.04 Å². The Labute approximate surface area is 192 Å². The van der Waals surface area contributed by atoms with Crippen LogP contribution in [0.25, 0.3) is 0 Å². The Morgan fingerprint density at radius 1 is 1.00 bits per heavy atom. The fraction of sp³-hybridized carbons (Fsp3) is 0.333. The number of para-hydroxylation sites is 1. The molecule has 2 fully saturated rings. The predicted molar refractivity (Wildman–Crippen MR) is 124 cm³/mol. The molecule has 0 aromatic heterocycles. The molecule has 0 radical (unpaired) electrons. The molecule has 9 nitrogen and oxygen atoms in total. The minimum absolute atomic E-state index is 0.0393. The van der Waals surface area contributed by atoms with Crippen LogP contribution in [0.4, 0.5) is 16.2 Å². The van der Waals surface area contributed by atoms with E-state index in [1.807, 2.05) is 49.3 Å². The average molecular weight is 450 g/mol. The Hall–Kier alpha value is -3.88. The standard InChI is InChI=1S/C24H27N5O4/c1-27(2)18-10-8-16(9-11-18)23(32)25-14-21(31)28-13-12-19-22(28)20(30)15-29(19)24(33)26-17-6-4-3-5-7-17/h3-11,19,22H,12-15H2,1-2H3,(H,25,32)(H,26,33)/t19-,22+/m1/s1. The molecule has 2 aliphatic rings. The molecule has 0 bridgehead atoms. The number of nitrogens with zero attached hydrogens (tertiary/aromatic N) is 3. The van der Waals surface area contributed by atoms with Crippen molar-refractivity contribution in [1.82, 2.24) is 15.1 Å². The van der Waals surface area contributed by atoms with Gasteiger partial charge in [-0.15, -0.1) is 0 Å². The Kier molecular flexibility index (Phi) is 6.30. The number of fused-ring (bicyclic) bond motifs is 1. The quantitative estimate of drug-likeness (QED) is 0.722. The highest BCUT2D eigenvalue weighted by Gasteiger charge is 2.51. The third-order valence-electron chi connectivity index (χ3n) is 6.07. The van der Waals surface area contributed by atoms with Crippen molar-refractivity contribution in [3.8, 4) is 0 Å². The number of likely N-dealkylation sites (tertiary alicyclic amines) is 2. The number of hydrogen-bond acceptors (Lipinski definition) is 5. The van der Waals surface area contributed by atoms with Gasteiger partial charge in [-0.05, 0) is 42.8 Å². The van der Waals surface area contributed by atoms with E-state index in [9.17, 15) is 19.2 Å². The molecule has 2 atom stereocenters. The molecule has 172 valence electrons. The second-order valence-corrected chi connectivity index (χ2v) is 8.40. The lowest BCUT2D eigenvalue weighted by atomic mass is 10.1. The average Bonchev–Trinajstić information content (AvgIpc) is 3.39. The molecule has 0 aliphatic carbocycles. The molecule has 4 rings (SSSR count). The molecule has 2 heterocycles. The third kappa shape index (κ3) is 4.67. The first-order valence-corrected chi connectivity index (χ1v) is 10.9. The van der Waals surface area contributed by atoms with Gasteiger partial charge >= 0.3 is 6.03 Å². The molecule has 0 saturated carbocycles. The van der Waals surface area contributed by atoms with Crippen LogP contribution in [-0.2, 0) is 9.59 Å². The minimum Gasteiger partial charge on any atom is -0.378 e. The molecule has 2 aromatic carbocycles. The summed E-state index contributed by atoms with van der Waals surface area (Å²) in [6, 6.07) is 14.7. The second kappa shape index (κ2) is 9.32. The molecule has 2 N–H and O–H groups in total. The van der Waals surface area contributed by atoms with E-state index >= 15 is 0 Å². The monoisotopic (exact) mass is 449 g/mol. The fourth-order valence-electron chi connectivity index (χ4n) is 4.36. The highest BCUT2D eigenvalue weighted by molar-refractivity contribution is 6.01. The summed E-state index contributed by atoms with van der Waals surface area (Å²) in [5, 5.41) is 5.44. The number of ketones is 1. The van der Waals surface area contributed by atoms with Gasteiger partial charge in [0.15, 0.2) is 5.78 Å². The fourth-order valence-corrected chi connectivity index (χ4v) is 4.36. The van der Waals surface area contributed by atoms with Crippen LogP contribution in [0, 0.1) is 0 Å². The van der Waals surface area contributed by atoms with Crippen molar-refractivity contribution in [1.29, 1.82) is 0 Å². The molecule has 0 spiro atoms. The number of benzene rings is 2. The molecule has 2 saturated heterocycles. The summed E-state index contributed by atoms with van der Waals surface area (Å²) in [6.45, 7) is 0.117. The van der Waals surface area contributed by atoms with E-state index in [0.717, 1.165) is 5.69 Å². The maximum atomic E-state index is 12.8. The van der Waals surface area contributed by atoms with Crippen molar-refractivity contribution < 1.29 is 19.2 Å². The first kappa shape index (κ1) is 22.3. The molecule has 9 heteroatoms. The number of rotatable bonds is 5. The normalized spacial score (nSPS) is 19.3. The maximum Gasteiger partial charge on any atom is 0.322 e. The smallest absolute Gasteiger partial charge is 0.322 e. The van der Waals surface area contributed by atoms with Crippen molar-refractivity contribution in [2.75, 3.05) is 43.9 Å². The van der Waals surface area contributed by atoms with Gasteiger partial charge in [0.25, 0.3) is 5.91 Å². The van der Waals surface area contributed by atoms with Crippen molar-refractivity contribution in [2.45, 2.75) is 18.5 Å². The lowest BCUT2D eigenvalue weighted by Crippen LogP contribution is -2.47. The summed E-state index contributed by atoms with van der Waals surface area (Å²) < 4.78 is 0. The number of anilines is 2. The summed E-state index contributed by atoms with van der Waals surface area (Å²) in [5.74, 6) is -0.856. The molecular weight excluding hydrogens is 422 g/mol. The van der Waals surface area contributed by atoms with Gasteiger partial charge in [0.1, 0.15) is 6.04 Å². The van der Waals surface area contributed by atoms with Crippen LogP contribution < -0.4 is 15.5 Å². The van der Waals surface area contributed by atoms with Crippen LogP contribution >= 0.6 is 0 Å². The van der Waals surface area contributed by atoms with Gasteiger partial charge in [0.05, 0.1) is 19.1 Å². The highest BCUT2D eigenvalue weighted by Crippen LogP contribution is 2.30. The lowest BCUT2D eigenvalue weighted by Gasteiger charge is -2.24. The van der Waals surface area contributed by atoms with E-state index in [2.05, 4.69) is 10.6 Å². The van der Waals surface area contributed by atoms with E-state index in [0.29, 0.717) is 24.2 Å². The van der Waals surface area contributed by atoms with E-state index in [1.165, 1.54) is 9.80 Å². The van der Waals surface area contributed by atoms with Gasteiger partial charge in [-0.3, -0.25) is 14.4 Å². The Balaban J connectivity index is 1.34.